The summed E-state index contributed by atoms with van der Waals surface area (Å²) in [7, 11) is 0. The summed E-state index contributed by atoms with van der Waals surface area (Å²) in [5.74, 6) is -0.330. The van der Waals surface area contributed by atoms with Crippen LogP contribution in [0, 0.1) is 5.92 Å². The zero-order chi connectivity index (χ0) is 11.5. The summed E-state index contributed by atoms with van der Waals surface area (Å²) in [4.78, 5) is 19.2. The van der Waals surface area contributed by atoms with E-state index in [9.17, 15) is 4.79 Å². The fourth-order valence-electron chi connectivity index (χ4n) is 1.41. The Morgan fingerprint density at radius 1 is 1.44 bits per heavy atom. The molecule has 16 heavy (non-hydrogen) atoms. The average Bonchev–Trinajstić information content (AvgIpc) is 2.76. The van der Waals surface area contributed by atoms with Crippen molar-refractivity contribution in [1.82, 2.24) is 9.97 Å². The molecule has 2 rings (SSSR count). The summed E-state index contributed by atoms with van der Waals surface area (Å²) in [6.07, 6.45) is 1.94. The summed E-state index contributed by atoms with van der Waals surface area (Å²) in [6.45, 7) is 1.03. The molecule has 1 N–H and O–H groups in total. The van der Waals surface area contributed by atoms with Gasteiger partial charge in [-0.15, -0.1) is 0 Å². The van der Waals surface area contributed by atoms with E-state index in [2.05, 4.69) is 15.3 Å². The van der Waals surface area contributed by atoms with E-state index in [0.717, 1.165) is 0 Å². The summed E-state index contributed by atoms with van der Waals surface area (Å²) >= 11 is 11.6. The largest absolute Gasteiger partial charge is 0.381 e. The maximum absolute atomic E-state index is 11.8. The molecule has 1 amide bonds. The molecule has 7 heteroatoms. The number of carbonyl (C=O) groups is 1. The number of nitrogens with one attached hydrogen (secondary N) is 1. The molecular formula is C9H9Cl2N3O2. The molecule has 86 valence electrons. The quantitative estimate of drug-likeness (QED) is 0.825. The van der Waals surface area contributed by atoms with E-state index in [1.165, 1.54) is 6.33 Å². The number of nitrogens with zero attached hydrogens (tertiary/aromatic N) is 2. The van der Waals surface area contributed by atoms with Crippen molar-refractivity contribution in [3.8, 4) is 0 Å². The molecule has 1 fully saturated rings. The Kier molecular flexibility index (Phi) is 3.58. The maximum atomic E-state index is 11.8. The van der Waals surface area contributed by atoms with E-state index < -0.39 is 0 Å². The Morgan fingerprint density at radius 2 is 2.12 bits per heavy atom. The molecule has 0 aliphatic carbocycles. The highest BCUT2D eigenvalue weighted by Crippen LogP contribution is 2.26. The molecule has 1 saturated heterocycles. The van der Waals surface area contributed by atoms with Gasteiger partial charge in [0.1, 0.15) is 12.0 Å². The van der Waals surface area contributed by atoms with Crippen molar-refractivity contribution >= 4 is 34.8 Å². The lowest BCUT2D eigenvalue weighted by atomic mass is 10.1. The first-order chi connectivity index (χ1) is 7.68. The average molecular weight is 262 g/mol. The van der Waals surface area contributed by atoms with Gasteiger partial charge in [-0.05, 0) is 6.42 Å². The lowest BCUT2D eigenvalue weighted by Gasteiger charge is -2.10. The molecule has 5 nitrogen and oxygen atoms in total. The lowest BCUT2D eigenvalue weighted by molar-refractivity contribution is -0.119. The van der Waals surface area contributed by atoms with Crippen LogP contribution in [0.15, 0.2) is 6.33 Å². The monoisotopic (exact) mass is 261 g/mol. The van der Waals surface area contributed by atoms with Gasteiger partial charge in [0, 0.05) is 6.61 Å². The molecule has 1 atom stereocenters. The first-order valence-corrected chi connectivity index (χ1v) is 5.48. The highest BCUT2D eigenvalue weighted by molar-refractivity contribution is 6.38. The van der Waals surface area contributed by atoms with Crippen molar-refractivity contribution < 1.29 is 9.53 Å². The van der Waals surface area contributed by atoms with Crippen LogP contribution >= 0.6 is 23.2 Å². The second kappa shape index (κ2) is 4.95. The number of carbonyl (C=O) groups excluding carboxylic acids is 1. The van der Waals surface area contributed by atoms with Crippen molar-refractivity contribution in [3.05, 3.63) is 16.6 Å². The van der Waals surface area contributed by atoms with E-state index in [-0.39, 0.29) is 27.8 Å². The number of ether oxygens (including phenoxy) is 1. The van der Waals surface area contributed by atoms with Crippen molar-refractivity contribution in [3.63, 3.8) is 0 Å². The first kappa shape index (κ1) is 11.6. The van der Waals surface area contributed by atoms with Gasteiger partial charge in [-0.2, -0.15) is 0 Å². The van der Waals surface area contributed by atoms with Gasteiger partial charge >= 0.3 is 0 Å². The van der Waals surface area contributed by atoms with Crippen LogP contribution in [0.2, 0.25) is 10.3 Å². The Hall–Kier alpha value is -0.910. The van der Waals surface area contributed by atoms with E-state index in [1.54, 1.807) is 0 Å². The zero-order valence-electron chi connectivity index (χ0n) is 8.24. The van der Waals surface area contributed by atoms with Gasteiger partial charge in [-0.25, -0.2) is 9.97 Å². The van der Waals surface area contributed by atoms with Crippen LogP contribution in [-0.2, 0) is 9.53 Å². The number of hydrogen-bond acceptors (Lipinski definition) is 4. The van der Waals surface area contributed by atoms with Gasteiger partial charge in [0.15, 0.2) is 10.3 Å². The fraction of sp³-hybridized carbons (Fsp3) is 0.444. The van der Waals surface area contributed by atoms with Crippen LogP contribution in [0.25, 0.3) is 0 Å². The Labute approximate surface area is 102 Å². The Morgan fingerprint density at radius 3 is 2.69 bits per heavy atom. The minimum atomic E-state index is -0.170. The highest BCUT2D eigenvalue weighted by atomic mass is 35.5. The maximum Gasteiger partial charge on any atom is 0.230 e. The number of amides is 1. The number of rotatable bonds is 2. The van der Waals surface area contributed by atoms with E-state index in [1.807, 2.05) is 0 Å². The second-order valence-corrected chi connectivity index (χ2v) is 4.10. The van der Waals surface area contributed by atoms with Gasteiger partial charge in [0.05, 0.1) is 12.5 Å². The van der Waals surface area contributed by atoms with Gasteiger partial charge in [-0.1, -0.05) is 23.2 Å². The van der Waals surface area contributed by atoms with E-state index in [0.29, 0.717) is 19.6 Å². The van der Waals surface area contributed by atoms with Gasteiger partial charge < -0.3 is 10.1 Å². The molecule has 1 aromatic heterocycles. The smallest absolute Gasteiger partial charge is 0.230 e. The number of aromatic nitrogens is 2. The first-order valence-electron chi connectivity index (χ1n) is 4.73. The van der Waals surface area contributed by atoms with Gasteiger partial charge in [0.2, 0.25) is 5.91 Å². The number of anilines is 1. The van der Waals surface area contributed by atoms with Crippen LogP contribution in [0.3, 0.4) is 0 Å². The zero-order valence-corrected chi connectivity index (χ0v) is 9.75. The van der Waals surface area contributed by atoms with Crippen molar-refractivity contribution in [2.75, 3.05) is 18.5 Å². The normalized spacial score (nSPS) is 19.8. The molecule has 0 radical (unpaired) electrons. The third-order valence-electron chi connectivity index (χ3n) is 2.30. The molecule has 0 aromatic carbocycles. The minimum absolute atomic E-state index is 0.132. The summed E-state index contributed by atoms with van der Waals surface area (Å²) in [5.41, 5.74) is 0.253. The summed E-state index contributed by atoms with van der Waals surface area (Å²) in [6, 6.07) is 0. The third-order valence-corrected chi connectivity index (χ3v) is 2.88. The Balaban J connectivity index is 2.11. The molecule has 1 unspecified atom stereocenters. The fourth-order valence-corrected chi connectivity index (χ4v) is 1.82. The molecule has 0 bridgehead atoms. The van der Waals surface area contributed by atoms with Crippen LogP contribution < -0.4 is 5.32 Å². The predicted molar refractivity (Wildman–Crippen MR) is 59.6 cm³/mol. The topological polar surface area (TPSA) is 64.1 Å². The van der Waals surface area contributed by atoms with Crippen molar-refractivity contribution in [2.24, 2.45) is 5.92 Å². The molecule has 0 saturated carbocycles. The van der Waals surface area contributed by atoms with Crippen LogP contribution in [-0.4, -0.2) is 29.1 Å². The molecular weight excluding hydrogens is 253 g/mol. The minimum Gasteiger partial charge on any atom is -0.381 e. The lowest BCUT2D eigenvalue weighted by Crippen LogP contribution is -2.23. The van der Waals surface area contributed by atoms with E-state index in [4.69, 9.17) is 27.9 Å². The summed E-state index contributed by atoms with van der Waals surface area (Å²) in [5, 5.41) is 2.88. The van der Waals surface area contributed by atoms with Gasteiger partial charge in [0.25, 0.3) is 0 Å². The molecule has 1 aromatic rings. The van der Waals surface area contributed by atoms with Crippen molar-refractivity contribution in [1.29, 1.82) is 0 Å². The third kappa shape index (κ3) is 2.42. The van der Waals surface area contributed by atoms with Gasteiger partial charge in [-0.3, -0.25) is 4.79 Å². The molecule has 1 aliphatic rings. The second-order valence-electron chi connectivity index (χ2n) is 3.38. The van der Waals surface area contributed by atoms with Crippen LogP contribution in [0.4, 0.5) is 5.69 Å². The molecule has 1 aliphatic heterocycles. The predicted octanol–water partition coefficient (Wildman–Crippen LogP) is 1.76. The highest BCUT2D eigenvalue weighted by Gasteiger charge is 2.25. The molecule has 0 spiro atoms. The standard InChI is InChI=1S/C9H9Cl2N3O2/c10-7-6(8(11)13-4-12-7)14-9(15)5-1-2-16-3-5/h4-5H,1-3H2,(H,14,15). The number of halogens is 2. The van der Waals surface area contributed by atoms with Crippen LogP contribution in [0.1, 0.15) is 6.42 Å². The van der Waals surface area contributed by atoms with Crippen LogP contribution in [0.5, 0.6) is 0 Å². The Bertz CT molecular complexity index is 387. The SMILES string of the molecule is O=C(Nc1c(Cl)ncnc1Cl)C1CCOC1. The summed E-state index contributed by atoms with van der Waals surface area (Å²) < 4.78 is 5.12. The van der Waals surface area contributed by atoms with Crippen molar-refractivity contribution in [2.45, 2.75) is 6.42 Å². The van der Waals surface area contributed by atoms with E-state index >= 15 is 0 Å². The number of hydrogen-bond donors (Lipinski definition) is 1. The molecule has 2 heterocycles.